The van der Waals surface area contributed by atoms with Gasteiger partial charge in [-0.25, -0.2) is 9.37 Å². The molecule has 170 valence electrons. The molecule has 33 heavy (non-hydrogen) atoms. The van der Waals surface area contributed by atoms with Crippen LogP contribution in [0.3, 0.4) is 0 Å². The van der Waals surface area contributed by atoms with Gasteiger partial charge in [0.2, 0.25) is 11.9 Å². The molecular formula is C21H19ClFN7O2S. The minimum atomic E-state index is -0.350. The van der Waals surface area contributed by atoms with E-state index in [1.807, 2.05) is 0 Å². The van der Waals surface area contributed by atoms with Crippen LogP contribution in [0.15, 0.2) is 52.4 Å². The number of nitrogens with two attached hydrogens (primary N) is 1. The molecule has 2 aromatic heterocycles. The number of halogens is 2. The number of benzene rings is 2. The third-order valence-electron chi connectivity index (χ3n) is 4.53. The topological polar surface area (TPSA) is 121 Å². The summed E-state index contributed by atoms with van der Waals surface area (Å²) in [6.07, 6.45) is 0. The summed E-state index contributed by atoms with van der Waals surface area (Å²) in [5.74, 6) is 0.559. The smallest absolute Gasteiger partial charge is 0.262 e. The fourth-order valence-corrected chi connectivity index (χ4v) is 4.06. The lowest BCUT2D eigenvalue weighted by Gasteiger charge is -2.13. The highest BCUT2D eigenvalue weighted by molar-refractivity contribution is 7.98. The lowest BCUT2D eigenvalue weighted by Crippen LogP contribution is -2.25. The Morgan fingerprint density at radius 3 is 2.70 bits per heavy atom. The molecule has 0 spiro atoms. The highest BCUT2D eigenvalue weighted by Gasteiger charge is 2.14. The van der Waals surface area contributed by atoms with Gasteiger partial charge in [0, 0.05) is 17.8 Å². The number of hydrogen-bond acceptors (Lipinski definition) is 9. The summed E-state index contributed by atoms with van der Waals surface area (Å²) in [6, 6.07) is 10.7. The third kappa shape index (κ3) is 5.56. The number of nitrogens with zero attached hydrogens (tertiary/aromatic N) is 5. The number of hydrogen-bond donors (Lipinski definition) is 2. The molecule has 4 aromatic rings. The van der Waals surface area contributed by atoms with Gasteiger partial charge in [0.1, 0.15) is 11.6 Å². The van der Waals surface area contributed by atoms with E-state index >= 15 is 0 Å². The van der Waals surface area contributed by atoms with Crippen molar-refractivity contribution in [2.45, 2.75) is 17.5 Å². The lowest BCUT2D eigenvalue weighted by molar-refractivity contribution is 0.183. The quantitative estimate of drug-likeness (QED) is 0.283. The molecule has 0 saturated carbocycles. The number of aromatic nitrogens is 5. The van der Waals surface area contributed by atoms with Crippen molar-refractivity contribution in [2.24, 2.45) is 0 Å². The van der Waals surface area contributed by atoms with E-state index < -0.39 is 0 Å². The average molecular weight is 488 g/mol. The van der Waals surface area contributed by atoms with E-state index in [0.717, 1.165) is 0 Å². The van der Waals surface area contributed by atoms with Gasteiger partial charge in [-0.05, 0) is 42.5 Å². The number of thioether (sulfide) groups is 1. The van der Waals surface area contributed by atoms with Crippen molar-refractivity contribution >= 4 is 51.8 Å². The van der Waals surface area contributed by atoms with E-state index in [-0.39, 0.29) is 29.0 Å². The third-order valence-corrected chi connectivity index (χ3v) is 5.74. The molecule has 0 aliphatic heterocycles. The second kappa shape index (κ2) is 10.1. The summed E-state index contributed by atoms with van der Waals surface area (Å²) in [7, 11) is 1.56. The van der Waals surface area contributed by atoms with Gasteiger partial charge in [-0.15, -0.1) is 0 Å². The van der Waals surface area contributed by atoms with E-state index in [1.54, 1.807) is 42.0 Å². The Bertz CT molecular complexity index is 1350. The SMILES string of the molecule is COCCn1c(SCc2nc(N)nc(Nc3ccc(F)cc3)n2)nc2cc(Cl)ccc2c1=O. The van der Waals surface area contributed by atoms with Gasteiger partial charge in [-0.2, -0.15) is 15.0 Å². The molecule has 4 rings (SSSR count). The Balaban J connectivity index is 1.61. The molecule has 0 aliphatic carbocycles. The van der Waals surface area contributed by atoms with Crippen LogP contribution in [0.2, 0.25) is 5.02 Å². The maximum Gasteiger partial charge on any atom is 0.262 e. The normalized spacial score (nSPS) is 11.1. The predicted molar refractivity (Wildman–Crippen MR) is 126 cm³/mol. The minimum absolute atomic E-state index is 0.0280. The van der Waals surface area contributed by atoms with E-state index in [2.05, 4.69) is 25.3 Å². The summed E-state index contributed by atoms with van der Waals surface area (Å²) in [5, 5.41) is 4.40. The van der Waals surface area contributed by atoms with Crippen LogP contribution in [0.5, 0.6) is 0 Å². The first-order valence-corrected chi connectivity index (χ1v) is 11.1. The largest absolute Gasteiger partial charge is 0.383 e. The Hall–Kier alpha value is -3.28. The van der Waals surface area contributed by atoms with Gasteiger partial charge in [-0.1, -0.05) is 23.4 Å². The summed E-state index contributed by atoms with van der Waals surface area (Å²) < 4.78 is 19.8. The van der Waals surface area contributed by atoms with Crippen LogP contribution in [-0.2, 0) is 17.0 Å². The molecule has 3 N–H and O–H groups in total. The zero-order chi connectivity index (χ0) is 23.4. The number of nitrogens with one attached hydrogen (secondary N) is 1. The Labute approximate surface area is 197 Å². The summed E-state index contributed by atoms with van der Waals surface area (Å²) in [6.45, 7) is 0.679. The number of fused-ring (bicyclic) bond motifs is 1. The van der Waals surface area contributed by atoms with Gasteiger partial charge in [0.05, 0.1) is 29.8 Å². The molecule has 0 aliphatic rings. The number of methoxy groups -OCH3 is 1. The van der Waals surface area contributed by atoms with Crippen LogP contribution in [0.4, 0.5) is 22.0 Å². The van der Waals surface area contributed by atoms with Crippen molar-refractivity contribution in [3.8, 4) is 0 Å². The second-order valence-corrected chi connectivity index (χ2v) is 8.24. The van der Waals surface area contributed by atoms with E-state index in [0.29, 0.717) is 45.7 Å². The molecule has 2 heterocycles. The van der Waals surface area contributed by atoms with Gasteiger partial charge < -0.3 is 15.8 Å². The van der Waals surface area contributed by atoms with Crippen molar-refractivity contribution in [3.05, 3.63) is 69.5 Å². The monoisotopic (exact) mass is 487 g/mol. The molecule has 0 bridgehead atoms. The molecule has 0 unspecified atom stereocenters. The van der Waals surface area contributed by atoms with Gasteiger partial charge in [0.25, 0.3) is 5.56 Å². The summed E-state index contributed by atoms with van der Waals surface area (Å²) in [5.41, 5.74) is 6.75. The molecular weight excluding hydrogens is 469 g/mol. The van der Waals surface area contributed by atoms with Crippen molar-refractivity contribution in [2.75, 3.05) is 24.8 Å². The number of anilines is 3. The van der Waals surface area contributed by atoms with Crippen LogP contribution in [0.25, 0.3) is 10.9 Å². The Morgan fingerprint density at radius 2 is 1.94 bits per heavy atom. The molecule has 12 heteroatoms. The minimum Gasteiger partial charge on any atom is -0.383 e. The lowest BCUT2D eigenvalue weighted by atomic mass is 10.2. The van der Waals surface area contributed by atoms with Crippen LogP contribution in [-0.4, -0.2) is 38.2 Å². The summed E-state index contributed by atoms with van der Waals surface area (Å²) in [4.78, 5) is 30.3. The van der Waals surface area contributed by atoms with Crippen molar-refractivity contribution < 1.29 is 9.13 Å². The molecule has 0 fully saturated rings. The van der Waals surface area contributed by atoms with Gasteiger partial charge in [0.15, 0.2) is 5.16 Å². The molecule has 2 aromatic carbocycles. The maximum atomic E-state index is 13.1. The molecule has 0 atom stereocenters. The number of rotatable bonds is 8. The molecule has 0 radical (unpaired) electrons. The number of nitrogen functional groups attached to an aromatic ring is 1. The fraction of sp³-hybridized carbons (Fsp3) is 0.190. The second-order valence-electron chi connectivity index (χ2n) is 6.86. The van der Waals surface area contributed by atoms with Crippen molar-refractivity contribution in [1.29, 1.82) is 0 Å². The van der Waals surface area contributed by atoms with Crippen molar-refractivity contribution in [1.82, 2.24) is 24.5 Å². The fourth-order valence-electron chi connectivity index (χ4n) is 3.01. The standard InChI is InChI=1S/C21H19ClFN7O2S/c1-32-9-8-30-18(31)15-7-2-12(22)10-16(15)26-21(30)33-11-17-27-19(24)29-20(28-17)25-14-5-3-13(23)4-6-14/h2-7,10H,8-9,11H2,1H3,(H3,24,25,27,28,29). The number of ether oxygens (including phenoxy) is 1. The Morgan fingerprint density at radius 1 is 1.15 bits per heavy atom. The van der Waals surface area contributed by atoms with E-state index in [1.165, 1.54) is 23.9 Å². The van der Waals surface area contributed by atoms with Crippen LogP contribution in [0.1, 0.15) is 5.82 Å². The molecule has 9 nitrogen and oxygen atoms in total. The van der Waals surface area contributed by atoms with Crippen LogP contribution < -0.4 is 16.6 Å². The van der Waals surface area contributed by atoms with Gasteiger partial charge in [-0.3, -0.25) is 9.36 Å². The molecule has 0 amide bonds. The average Bonchev–Trinajstić information content (AvgIpc) is 2.78. The first kappa shape index (κ1) is 22.9. The van der Waals surface area contributed by atoms with Crippen LogP contribution in [0, 0.1) is 5.82 Å². The van der Waals surface area contributed by atoms with E-state index in [9.17, 15) is 9.18 Å². The molecule has 0 saturated heterocycles. The van der Waals surface area contributed by atoms with Crippen molar-refractivity contribution in [3.63, 3.8) is 0 Å². The summed E-state index contributed by atoms with van der Waals surface area (Å²) >= 11 is 7.36. The first-order chi connectivity index (χ1) is 15.9. The first-order valence-electron chi connectivity index (χ1n) is 9.78. The highest BCUT2D eigenvalue weighted by atomic mass is 35.5. The highest BCUT2D eigenvalue weighted by Crippen LogP contribution is 2.23. The zero-order valence-corrected chi connectivity index (χ0v) is 19.0. The predicted octanol–water partition coefficient (Wildman–Crippen LogP) is 3.64. The Kier molecular flexibility index (Phi) is 7.02. The zero-order valence-electron chi connectivity index (χ0n) is 17.5. The van der Waals surface area contributed by atoms with E-state index in [4.69, 9.17) is 22.1 Å². The van der Waals surface area contributed by atoms with Gasteiger partial charge >= 0.3 is 0 Å². The van der Waals surface area contributed by atoms with Crippen LogP contribution >= 0.6 is 23.4 Å². The maximum absolute atomic E-state index is 13.1.